The lowest BCUT2D eigenvalue weighted by molar-refractivity contribution is 0.0410. The van der Waals surface area contributed by atoms with Gasteiger partial charge in [-0.05, 0) is 32.9 Å². The van der Waals surface area contributed by atoms with Gasteiger partial charge in [0.05, 0.1) is 23.7 Å². The number of fused-ring (bicyclic) bond motifs is 1. The van der Waals surface area contributed by atoms with E-state index in [1.54, 1.807) is 0 Å². The smallest absolute Gasteiger partial charge is 0.125 e. The number of β-amino-alcohol motifs (C(OH)–C–C–N with tert-alkyl or cyclic N) is 1. The molecule has 24 heavy (non-hydrogen) atoms. The van der Waals surface area contributed by atoms with E-state index in [4.69, 9.17) is 0 Å². The second kappa shape index (κ2) is 7.17. The van der Waals surface area contributed by atoms with Gasteiger partial charge in [0.15, 0.2) is 0 Å². The third-order valence-corrected chi connectivity index (χ3v) is 4.82. The number of aliphatic hydroxyl groups is 1. The number of halogens is 1. The van der Waals surface area contributed by atoms with Gasteiger partial charge < -0.3 is 9.67 Å². The molecule has 0 radical (unpaired) electrons. The lowest BCUT2D eigenvalue weighted by Gasteiger charge is -2.40. The van der Waals surface area contributed by atoms with Gasteiger partial charge in [-0.25, -0.2) is 9.37 Å². The highest BCUT2D eigenvalue weighted by molar-refractivity contribution is 5.76. The molecular weight excluding hydrogens is 307 g/mol. The van der Waals surface area contributed by atoms with Crippen LogP contribution >= 0.6 is 0 Å². The minimum atomic E-state index is -0.293. The van der Waals surface area contributed by atoms with Crippen molar-refractivity contribution >= 4 is 11.0 Å². The maximum atomic E-state index is 13.5. The predicted molar refractivity (Wildman–Crippen MR) is 93.4 cm³/mol. The van der Waals surface area contributed by atoms with Gasteiger partial charge in [0.25, 0.3) is 0 Å². The number of aliphatic hydroxyl groups excluding tert-OH is 1. The molecule has 2 heterocycles. The molecule has 1 aromatic carbocycles. The second-order valence-electron chi connectivity index (χ2n) is 6.83. The molecule has 1 aliphatic rings. The van der Waals surface area contributed by atoms with Gasteiger partial charge >= 0.3 is 0 Å². The molecule has 2 aromatic rings. The fourth-order valence-corrected chi connectivity index (χ4v) is 3.65. The molecule has 1 saturated heterocycles. The lowest BCUT2D eigenvalue weighted by Crippen LogP contribution is -2.53. The number of aryl methyl sites for hydroxylation is 1. The van der Waals surface area contributed by atoms with Crippen LogP contribution in [0, 0.1) is 5.82 Å². The Balaban J connectivity index is 1.74. The number of piperazine rings is 1. The summed E-state index contributed by atoms with van der Waals surface area (Å²) in [6, 6.07) is 5.23. The molecule has 1 fully saturated rings. The monoisotopic (exact) mass is 334 g/mol. The van der Waals surface area contributed by atoms with E-state index >= 15 is 0 Å². The normalized spacial score (nSPS) is 21.5. The van der Waals surface area contributed by atoms with Gasteiger partial charge in [0, 0.05) is 44.8 Å². The van der Waals surface area contributed by atoms with Crippen LogP contribution in [0.4, 0.5) is 4.39 Å². The quantitative estimate of drug-likeness (QED) is 0.909. The van der Waals surface area contributed by atoms with E-state index in [-0.39, 0.29) is 11.9 Å². The fraction of sp³-hybridized carbons (Fsp3) is 0.611. The zero-order valence-electron chi connectivity index (χ0n) is 14.7. The van der Waals surface area contributed by atoms with Crippen LogP contribution in [-0.2, 0) is 13.1 Å². The molecule has 0 spiro atoms. The summed E-state index contributed by atoms with van der Waals surface area (Å²) in [5, 5.41) is 9.60. The Kier molecular flexibility index (Phi) is 5.18. The molecule has 0 saturated carbocycles. The number of benzene rings is 1. The van der Waals surface area contributed by atoms with Crippen LogP contribution in [0.25, 0.3) is 11.0 Å². The molecule has 5 nitrogen and oxygen atoms in total. The number of aromatic nitrogens is 2. The van der Waals surface area contributed by atoms with Crippen LogP contribution in [0.1, 0.15) is 26.6 Å². The van der Waals surface area contributed by atoms with E-state index in [0.29, 0.717) is 6.04 Å². The zero-order valence-corrected chi connectivity index (χ0v) is 14.7. The molecule has 6 heteroatoms. The van der Waals surface area contributed by atoms with Crippen LogP contribution in [-0.4, -0.2) is 62.8 Å². The first kappa shape index (κ1) is 17.3. The highest BCUT2D eigenvalue weighted by Gasteiger charge is 2.25. The Labute approximate surface area is 142 Å². The number of hydrogen-bond donors (Lipinski definition) is 1. The lowest BCUT2D eigenvalue weighted by atomic mass is 10.1. The molecule has 1 aromatic heterocycles. The van der Waals surface area contributed by atoms with Crippen molar-refractivity contribution in [2.75, 3.05) is 26.2 Å². The average Bonchev–Trinajstić information content (AvgIpc) is 2.85. The molecular formula is C18H27FN4O. The topological polar surface area (TPSA) is 44.5 Å². The van der Waals surface area contributed by atoms with Gasteiger partial charge in [0.2, 0.25) is 0 Å². The second-order valence-corrected chi connectivity index (χ2v) is 6.83. The Hall–Kier alpha value is -1.50. The maximum Gasteiger partial charge on any atom is 0.125 e. The minimum Gasteiger partial charge on any atom is -0.392 e. The molecule has 132 valence electrons. The van der Waals surface area contributed by atoms with Crippen molar-refractivity contribution < 1.29 is 9.50 Å². The third kappa shape index (κ3) is 3.61. The van der Waals surface area contributed by atoms with E-state index in [1.807, 2.05) is 13.0 Å². The predicted octanol–water partition coefficient (Wildman–Crippen LogP) is 2.08. The summed E-state index contributed by atoms with van der Waals surface area (Å²) < 4.78 is 15.6. The molecule has 1 N–H and O–H groups in total. The highest BCUT2D eigenvalue weighted by atomic mass is 19.1. The summed E-state index contributed by atoms with van der Waals surface area (Å²) in [6.07, 6.45) is -0.293. The number of rotatable bonds is 5. The van der Waals surface area contributed by atoms with Crippen molar-refractivity contribution in [3.63, 3.8) is 0 Å². The van der Waals surface area contributed by atoms with E-state index in [0.717, 1.165) is 56.1 Å². The van der Waals surface area contributed by atoms with E-state index in [1.165, 1.54) is 12.1 Å². The molecule has 0 aliphatic carbocycles. The average molecular weight is 334 g/mol. The third-order valence-electron chi connectivity index (χ3n) is 4.82. The summed E-state index contributed by atoms with van der Waals surface area (Å²) >= 11 is 0. The summed E-state index contributed by atoms with van der Waals surface area (Å²) in [6.45, 7) is 11.3. The fourth-order valence-electron chi connectivity index (χ4n) is 3.65. The first-order chi connectivity index (χ1) is 11.5. The largest absolute Gasteiger partial charge is 0.392 e. The Morgan fingerprint density at radius 2 is 2.17 bits per heavy atom. The van der Waals surface area contributed by atoms with Crippen molar-refractivity contribution in [2.24, 2.45) is 0 Å². The summed E-state index contributed by atoms with van der Waals surface area (Å²) in [5.74, 6) is 0.754. The number of hydrogen-bond acceptors (Lipinski definition) is 4. The SMILES string of the molecule is CCn1c(CN2CCN(C[C@H](C)O)[C@@H](C)C2)nc2cc(F)ccc21. The molecule has 1 aliphatic heterocycles. The van der Waals surface area contributed by atoms with Crippen molar-refractivity contribution in [3.8, 4) is 0 Å². The minimum absolute atomic E-state index is 0.241. The van der Waals surface area contributed by atoms with Crippen LogP contribution in [0.2, 0.25) is 0 Å². The molecule has 0 unspecified atom stereocenters. The van der Waals surface area contributed by atoms with Crippen LogP contribution in [0.3, 0.4) is 0 Å². The number of imidazole rings is 1. The van der Waals surface area contributed by atoms with E-state index < -0.39 is 0 Å². The van der Waals surface area contributed by atoms with Gasteiger partial charge in [-0.2, -0.15) is 0 Å². The molecule has 2 atom stereocenters. The standard InChI is InChI=1S/C18H27FN4O/c1-4-23-17-6-5-15(19)9-16(17)20-18(23)12-21-7-8-22(11-14(3)24)13(2)10-21/h5-6,9,13-14,24H,4,7-8,10-12H2,1-3H3/t13-,14-/m0/s1. The van der Waals surface area contributed by atoms with Gasteiger partial charge in [-0.15, -0.1) is 0 Å². The molecule has 0 bridgehead atoms. The molecule has 3 rings (SSSR count). The van der Waals surface area contributed by atoms with Gasteiger partial charge in [-0.1, -0.05) is 0 Å². The van der Waals surface area contributed by atoms with Crippen molar-refractivity contribution in [1.82, 2.24) is 19.4 Å². The Morgan fingerprint density at radius 3 is 2.83 bits per heavy atom. The van der Waals surface area contributed by atoms with Crippen molar-refractivity contribution in [3.05, 3.63) is 29.8 Å². The van der Waals surface area contributed by atoms with Gasteiger partial charge in [-0.3, -0.25) is 9.80 Å². The first-order valence-corrected chi connectivity index (χ1v) is 8.77. The Bertz CT molecular complexity index is 700. The van der Waals surface area contributed by atoms with Crippen molar-refractivity contribution in [2.45, 2.75) is 46.0 Å². The zero-order chi connectivity index (χ0) is 17.3. The van der Waals surface area contributed by atoms with Crippen LogP contribution < -0.4 is 0 Å². The molecule has 0 amide bonds. The van der Waals surface area contributed by atoms with E-state index in [2.05, 4.69) is 33.2 Å². The van der Waals surface area contributed by atoms with Crippen LogP contribution in [0.5, 0.6) is 0 Å². The maximum absolute atomic E-state index is 13.5. The Morgan fingerprint density at radius 1 is 1.38 bits per heavy atom. The van der Waals surface area contributed by atoms with Gasteiger partial charge in [0.1, 0.15) is 11.6 Å². The van der Waals surface area contributed by atoms with E-state index in [9.17, 15) is 9.50 Å². The highest BCUT2D eigenvalue weighted by Crippen LogP contribution is 2.20. The first-order valence-electron chi connectivity index (χ1n) is 8.77. The summed E-state index contributed by atoms with van der Waals surface area (Å²) in [5.41, 5.74) is 1.72. The number of nitrogens with zero attached hydrogens (tertiary/aromatic N) is 4. The summed E-state index contributed by atoms with van der Waals surface area (Å²) in [4.78, 5) is 9.39. The summed E-state index contributed by atoms with van der Waals surface area (Å²) in [7, 11) is 0. The van der Waals surface area contributed by atoms with Crippen LogP contribution in [0.15, 0.2) is 18.2 Å². The van der Waals surface area contributed by atoms with Crippen molar-refractivity contribution in [1.29, 1.82) is 0 Å².